The Labute approximate surface area is 95.4 Å². The van der Waals surface area contributed by atoms with Gasteiger partial charge in [0.2, 0.25) is 0 Å². The summed E-state index contributed by atoms with van der Waals surface area (Å²) in [5, 5.41) is 0. The Balaban J connectivity index is 2.16. The monoisotopic (exact) mass is 220 g/mol. The molecule has 0 N–H and O–H groups in total. The smallest absolute Gasteiger partial charge is 0.338 e. The van der Waals surface area contributed by atoms with Crippen molar-refractivity contribution in [3.05, 3.63) is 35.4 Å². The number of ether oxygens (including phenoxy) is 2. The summed E-state index contributed by atoms with van der Waals surface area (Å²) in [5.74, 6) is -0.304. The van der Waals surface area contributed by atoms with Crippen molar-refractivity contribution in [1.82, 2.24) is 0 Å². The topological polar surface area (TPSA) is 38.8 Å². The van der Waals surface area contributed by atoms with E-state index in [0.29, 0.717) is 0 Å². The standard InChI is InChI=1S/C13H16O3/c1-4-9-5-7-10(8-6-9)13(2)11(16-13)12(14)15-3/h5-8,11H,4H2,1-3H3. The van der Waals surface area contributed by atoms with Gasteiger partial charge in [-0.3, -0.25) is 0 Å². The first-order valence-corrected chi connectivity index (χ1v) is 5.47. The van der Waals surface area contributed by atoms with Gasteiger partial charge in [-0.1, -0.05) is 31.2 Å². The molecule has 0 amide bonds. The maximum Gasteiger partial charge on any atom is 0.338 e. The van der Waals surface area contributed by atoms with Crippen molar-refractivity contribution < 1.29 is 14.3 Å². The van der Waals surface area contributed by atoms with Crippen molar-refractivity contribution in [3.8, 4) is 0 Å². The molecule has 2 rings (SSSR count). The zero-order chi connectivity index (χ0) is 11.8. The Morgan fingerprint density at radius 1 is 1.44 bits per heavy atom. The minimum Gasteiger partial charge on any atom is -0.467 e. The third-order valence-corrected chi connectivity index (χ3v) is 3.16. The maximum atomic E-state index is 11.3. The highest BCUT2D eigenvalue weighted by atomic mass is 16.6. The van der Waals surface area contributed by atoms with Crippen LogP contribution in [-0.2, 0) is 26.3 Å². The zero-order valence-corrected chi connectivity index (χ0v) is 9.82. The van der Waals surface area contributed by atoms with Gasteiger partial charge in [0.25, 0.3) is 0 Å². The normalized spacial score (nSPS) is 27.6. The van der Waals surface area contributed by atoms with Gasteiger partial charge < -0.3 is 9.47 Å². The van der Waals surface area contributed by atoms with E-state index in [9.17, 15) is 4.79 Å². The van der Waals surface area contributed by atoms with Crippen molar-refractivity contribution >= 4 is 5.97 Å². The van der Waals surface area contributed by atoms with E-state index >= 15 is 0 Å². The number of methoxy groups -OCH3 is 1. The van der Waals surface area contributed by atoms with E-state index in [1.807, 2.05) is 19.1 Å². The molecule has 2 atom stereocenters. The second-order valence-corrected chi connectivity index (χ2v) is 4.18. The number of carbonyl (C=O) groups excluding carboxylic acids is 1. The van der Waals surface area contributed by atoms with E-state index in [-0.39, 0.29) is 5.97 Å². The van der Waals surface area contributed by atoms with Gasteiger partial charge in [-0.25, -0.2) is 4.79 Å². The largest absolute Gasteiger partial charge is 0.467 e. The summed E-state index contributed by atoms with van der Waals surface area (Å²) in [7, 11) is 1.38. The molecule has 0 radical (unpaired) electrons. The fourth-order valence-corrected chi connectivity index (χ4v) is 1.88. The first kappa shape index (κ1) is 11.1. The van der Waals surface area contributed by atoms with E-state index < -0.39 is 11.7 Å². The maximum absolute atomic E-state index is 11.3. The summed E-state index contributed by atoms with van der Waals surface area (Å²) in [6.07, 6.45) is 0.558. The highest BCUT2D eigenvalue weighted by molar-refractivity contribution is 5.79. The molecule has 0 aromatic heterocycles. The number of rotatable bonds is 3. The molecule has 1 aromatic rings. The number of benzene rings is 1. The molecule has 1 fully saturated rings. The van der Waals surface area contributed by atoms with Crippen LogP contribution < -0.4 is 0 Å². The van der Waals surface area contributed by atoms with Crippen LogP contribution in [-0.4, -0.2) is 19.2 Å². The number of carbonyl (C=O) groups is 1. The fraction of sp³-hybridized carbons (Fsp3) is 0.462. The molecule has 3 nitrogen and oxygen atoms in total. The summed E-state index contributed by atoms with van der Waals surface area (Å²) in [4.78, 5) is 11.3. The predicted octanol–water partition coefficient (Wildman–Crippen LogP) is 2.04. The van der Waals surface area contributed by atoms with Crippen molar-refractivity contribution in [1.29, 1.82) is 0 Å². The molecule has 1 saturated heterocycles. The van der Waals surface area contributed by atoms with Crippen LogP contribution in [0.1, 0.15) is 25.0 Å². The van der Waals surface area contributed by atoms with Crippen LogP contribution in [0.15, 0.2) is 24.3 Å². The lowest BCUT2D eigenvalue weighted by atomic mass is 9.96. The van der Waals surface area contributed by atoms with Crippen LogP contribution in [0.2, 0.25) is 0 Å². The van der Waals surface area contributed by atoms with Gasteiger partial charge in [-0.2, -0.15) is 0 Å². The summed E-state index contributed by atoms with van der Waals surface area (Å²) >= 11 is 0. The Hall–Kier alpha value is -1.35. The van der Waals surface area contributed by atoms with Gasteiger partial charge in [0, 0.05) is 0 Å². The minimum atomic E-state index is -0.501. The average Bonchev–Trinajstić information content (AvgIpc) is 3.02. The number of aryl methyl sites for hydroxylation is 1. The van der Waals surface area contributed by atoms with Gasteiger partial charge in [0.15, 0.2) is 6.10 Å². The lowest BCUT2D eigenvalue weighted by molar-refractivity contribution is -0.142. The second-order valence-electron chi connectivity index (χ2n) is 4.18. The molecule has 1 heterocycles. The molecule has 86 valence electrons. The van der Waals surface area contributed by atoms with Crippen LogP contribution in [0.3, 0.4) is 0 Å². The lowest BCUT2D eigenvalue weighted by Crippen LogP contribution is -2.17. The van der Waals surface area contributed by atoms with E-state index in [4.69, 9.17) is 4.74 Å². The first-order chi connectivity index (χ1) is 7.61. The molecule has 1 aromatic carbocycles. The third-order valence-electron chi connectivity index (χ3n) is 3.16. The number of esters is 1. The molecule has 2 unspecified atom stereocenters. The molecule has 0 aliphatic carbocycles. The van der Waals surface area contributed by atoms with Crippen LogP contribution in [0.5, 0.6) is 0 Å². The molecule has 0 bridgehead atoms. The summed E-state index contributed by atoms with van der Waals surface area (Å²) in [5.41, 5.74) is 1.81. The first-order valence-electron chi connectivity index (χ1n) is 5.47. The van der Waals surface area contributed by atoms with E-state index in [0.717, 1.165) is 12.0 Å². The summed E-state index contributed by atoms with van der Waals surface area (Å²) in [6, 6.07) is 8.16. The van der Waals surface area contributed by atoms with E-state index in [2.05, 4.69) is 23.8 Å². The SMILES string of the molecule is CCc1ccc(C2(C)OC2C(=O)OC)cc1. The zero-order valence-electron chi connectivity index (χ0n) is 9.82. The van der Waals surface area contributed by atoms with Crippen LogP contribution in [0.4, 0.5) is 0 Å². The van der Waals surface area contributed by atoms with E-state index in [1.54, 1.807) is 0 Å². The molecular formula is C13H16O3. The van der Waals surface area contributed by atoms with Gasteiger partial charge in [-0.05, 0) is 24.5 Å². The second kappa shape index (κ2) is 3.91. The van der Waals surface area contributed by atoms with Crippen LogP contribution in [0.25, 0.3) is 0 Å². The molecule has 3 heteroatoms. The summed E-state index contributed by atoms with van der Waals surface area (Å²) < 4.78 is 10.1. The van der Waals surface area contributed by atoms with Gasteiger partial charge >= 0.3 is 5.97 Å². The molecule has 0 saturated carbocycles. The quantitative estimate of drug-likeness (QED) is 0.578. The molecule has 1 aliphatic heterocycles. The Morgan fingerprint density at radius 2 is 2.06 bits per heavy atom. The molecular weight excluding hydrogens is 204 g/mol. The number of epoxide rings is 1. The minimum absolute atomic E-state index is 0.304. The van der Waals surface area contributed by atoms with Gasteiger partial charge in [-0.15, -0.1) is 0 Å². The van der Waals surface area contributed by atoms with Crippen molar-refractivity contribution in [3.63, 3.8) is 0 Å². The van der Waals surface area contributed by atoms with Crippen molar-refractivity contribution in [2.75, 3.05) is 7.11 Å². The Kier molecular flexibility index (Phi) is 2.72. The average molecular weight is 220 g/mol. The fourth-order valence-electron chi connectivity index (χ4n) is 1.88. The van der Waals surface area contributed by atoms with Gasteiger partial charge in [0.05, 0.1) is 7.11 Å². The van der Waals surface area contributed by atoms with Crippen LogP contribution in [0, 0.1) is 0 Å². The van der Waals surface area contributed by atoms with Crippen molar-refractivity contribution in [2.24, 2.45) is 0 Å². The summed E-state index contributed by atoms with van der Waals surface area (Å²) in [6.45, 7) is 4.02. The van der Waals surface area contributed by atoms with Crippen LogP contribution >= 0.6 is 0 Å². The highest BCUT2D eigenvalue weighted by Crippen LogP contribution is 2.46. The predicted molar refractivity (Wildman–Crippen MR) is 60.1 cm³/mol. The number of hydrogen-bond acceptors (Lipinski definition) is 3. The van der Waals surface area contributed by atoms with Gasteiger partial charge in [0.1, 0.15) is 5.60 Å². The lowest BCUT2D eigenvalue weighted by Gasteiger charge is -2.07. The number of hydrogen-bond donors (Lipinski definition) is 0. The highest BCUT2D eigenvalue weighted by Gasteiger charge is 2.59. The molecule has 16 heavy (non-hydrogen) atoms. The molecule has 1 aliphatic rings. The Bertz CT molecular complexity index is 396. The van der Waals surface area contributed by atoms with Crippen molar-refractivity contribution in [2.45, 2.75) is 32.0 Å². The third kappa shape index (κ3) is 1.71. The van der Waals surface area contributed by atoms with E-state index in [1.165, 1.54) is 12.7 Å². The Morgan fingerprint density at radius 3 is 2.56 bits per heavy atom. The molecule has 0 spiro atoms.